The van der Waals surface area contributed by atoms with Crippen LogP contribution in [-0.4, -0.2) is 64.0 Å². The number of carbonyl (C=O) groups excluding carboxylic acids is 2. The Kier molecular flexibility index (Phi) is 6.77. The molecule has 0 radical (unpaired) electrons. The molecule has 0 aromatic carbocycles. The lowest BCUT2D eigenvalue weighted by Crippen LogP contribution is -2.41. The van der Waals surface area contributed by atoms with Crippen LogP contribution in [-0.2, 0) is 22.4 Å². The molecule has 9 heteroatoms. The van der Waals surface area contributed by atoms with Gasteiger partial charge in [0.25, 0.3) is 0 Å². The maximum Gasteiger partial charge on any atom is 0.242 e. The Morgan fingerprint density at radius 2 is 1.86 bits per heavy atom. The second-order valence-corrected chi connectivity index (χ2v) is 8.91. The number of nitrogens with two attached hydrogens (primary N) is 1. The topological polar surface area (TPSA) is 92.4 Å². The summed E-state index contributed by atoms with van der Waals surface area (Å²) < 4.78 is 0. The number of aromatic nitrogens is 2. The standard InChI is InChI=1S/C19H27N5O2S2/c1-4-24(5-2)14(25)10-23(3)15(26)11-27-19-21-17(20)16-12-8-6-7-9-13(12)28-18(16)22-19/h4-11H2,1-3H3,(H2,20,21,22). The average Bonchev–Trinajstić information content (AvgIpc) is 3.05. The van der Waals surface area contributed by atoms with Gasteiger partial charge >= 0.3 is 0 Å². The van der Waals surface area contributed by atoms with Crippen LogP contribution in [0, 0.1) is 0 Å². The smallest absolute Gasteiger partial charge is 0.242 e. The van der Waals surface area contributed by atoms with Crippen LogP contribution in [0.25, 0.3) is 10.2 Å². The first-order chi connectivity index (χ1) is 13.4. The summed E-state index contributed by atoms with van der Waals surface area (Å²) in [6, 6.07) is 0. The first kappa shape index (κ1) is 20.9. The van der Waals surface area contributed by atoms with Crippen LogP contribution in [0.5, 0.6) is 0 Å². The maximum atomic E-state index is 12.4. The Balaban J connectivity index is 1.65. The number of nitrogen functional groups attached to an aromatic ring is 1. The first-order valence-electron chi connectivity index (χ1n) is 9.66. The van der Waals surface area contributed by atoms with Crippen molar-refractivity contribution in [2.45, 2.75) is 44.7 Å². The highest BCUT2D eigenvalue weighted by atomic mass is 32.2. The monoisotopic (exact) mass is 421 g/mol. The molecule has 0 atom stereocenters. The number of aryl methyl sites for hydroxylation is 2. The van der Waals surface area contributed by atoms with Gasteiger partial charge in [-0.15, -0.1) is 11.3 Å². The number of nitrogens with zero attached hydrogens (tertiary/aromatic N) is 4. The number of amides is 2. The van der Waals surface area contributed by atoms with Crippen molar-refractivity contribution >= 4 is 50.9 Å². The normalized spacial score (nSPS) is 13.4. The van der Waals surface area contributed by atoms with Crippen LogP contribution in [0.2, 0.25) is 0 Å². The lowest BCUT2D eigenvalue weighted by atomic mass is 9.97. The van der Waals surface area contributed by atoms with Gasteiger partial charge in [0.2, 0.25) is 11.8 Å². The SMILES string of the molecule is CCN(CC)C(=O)CN(C)C(=O)CSc1nc(N)c2c3c(sc2n1)CCCC3. The first-order valence-corrected chi connectivity index (χ1v) is 11.5. The summed E-state index contributed by atoms with van der Waals surface area (Å²) in [5.74, 6) is 0.512. The highest BCUT2D eigenvalue weighted by Crippen LogP contribution is 2.38. The minimum Gasteiger partial charge on any atom is -0.383 e. The minimum atomic E-state index is -0.127. The van der Waals surface area contributed by atoms with Crippen LogP contribution >= 0.6 is 23.1 Å². The molecule has 152 valence electrons. The van der Waals surface area contributed by atoms with Crippen molar-refractivity contribution in [1.29, 1.82) is 0 Å². The second-order valence-electron chi connectivity index (χ2n) is 6.89. The molecule has 0 saturated carbocycles. The Bertz CT molecular complexity index is 879. The zero-order valence-corrected chi connectivity index (χ0v) is 18.3. The fourth-order valence-corrected chi connectivity index (χ4v) is 5.55. The second kappa shape index (κ2) is 9.09. The van der Waals surface area contributed by atoms with Gasteiger partial charge < -0.3 is 15.5 Å². The van der Waals surface area contributed by atoms with E-state index in [-0.39, 0.29) is 24.1 Å². The van der Waals surface area contributed by atoms with Gasteiger partial charge in [0.15, 0.2) is 5.16 Å². The van der Waals surface area contributed by atoms with E-state index in [1.54, 1.807) is 23.3 Å². The largest absolute Gasteiger partial charge is 0.383 e. The van der Waals surface area contributed by atoms with Gasteiger partial charge in [-0.25, -0.2) is 9.97 Å². The van der Waals surface area contributed by atoms with Crippen LogP contribution in [0.4, 0.5) is 5.82 Å². The fraction of sp³-hybridized carbons (Fsp3) is 0.579. The van der Waals surface area contributed by atoms with Crippen molar-refractivity contribution in [2.75, 3.05) is 38.2 Å². The molecular formula is C19H27N5O2S2. The highest BCUT2D eigenvalue weighted by molar-refractivity contribution is 7.99. The number of thiophene rings is 1. The minimum absolute atomic E-state index is 0.0445. The Morgan fingerprint density at radius 3 is 2.57 bits per heavy atom. The van der Waals surface area contributed by atoms with Crippen LogP contribution in [0.3, 0.4) is 0 Å². The highest BCUT2D eigenvalue weighted by Gasteiger charge is 2.21. The summed E-state index contributed by atoms with van der Waals surface area (Å²) >= 11 is 2.96. The van der Waals surface area contributed by atoms with E-state index in [1.807, 2.05) is 13.8 Å². The molecule has 1 aliphatic carbocycles. The zero-order valence-electron chi connectivity index (χ0n) is 16.7. The number of hydrogen-bond donors (Lipinski definition) is 1. The number of fused-ring (bicyclic) bond motifs is 3. The zero-order chi connectivity index (χ0) is 20.3. The number of rotatable bonds is 7. The molecule has 0 fully saturated rings. The van der Waals surface area contributed by atoms with Gasteiger partial charge in [0, 0.05) is 25.0 Å². The molecule has 2 N–H and O–H groups in total. The third-order valence-electron chi connectivity index (χ3n) is 5.06. The lowest BCUT2D eigenvalue weighted by Gasteiger charge is -2.23. The van der Waals surface area contributed by atoms with E-state index in [0.717, 1.165) is 23.1 Å². The summed E-state index contributed by atoms with van der Waals surface area (Å²) in [5.41, 5.74) is 7.53. The average molecular weight is 422 g/mol. The molecular weight excluding hydrogens is 394 g/mol. The summed E-state index contributed by atoms with van der Waals surface area (Å²) in [6.07, 6.45) is 4.52. The van der Waals surface area contributed by atoms with E-state index >= 15 is 0 Å². The maximum absolute atomic E-state index is 12.4. The molecule has 7 nitrogen and oxygen atoms in total. The number of anilines is 1. The van der Waals surface area contributed by atoms with Crippen LogP contribution in [0.15, 0.2) is 5.16 Å². The number of thioether (sulfide) groups is 1. The van der Waals surface area contributed by atoms with E-state index in [4.69, 9.17) is 5.73 Å². The van der Waals surface area contributed by atoms with Crippen molar-refractivity contribution in [3.05, 3.63) is 10.4 Å². The molecule has 1 aliphatic rings. The van der Waals surface area contributed by atoms with Gasteiger partial charge in [-0.3, -0.25) is 9.59 Å². The Morgan fingerprint density at radius 1 is 1.14 bits per heavy atom. The van der Waals surface area contributed by atoms with E-state index in [0.29, 0.717) is 24.1 Å². The lowest BCUT2D eigenvalue weighted by molar-refractivity contribution is -0.137. The fourth-order valence-electron chi connectivity index (χ4n) is 3.43. The van der Waals surface area contributed by atoms with E-state index in [9.17, 15) is 9.59 Å². The van der Waals surface area contributed by atoms with Gasteiger partial charge in [-0.05, 0) is 45.1 Å². The van der Waals surface area contributed by atoms with E-state index in [2.05, 4.69) is 9.97 Å². The Hall–Kier alpha value is -1.87. The number of likely N-dealkylation sites (N-methyl/N-ethyl adjacent to an activating group) is 2. The van der Waals surface area contributed by atoms with Crippen molar-refractivity contribution < 1.29 is 9.59 Å². The number of carbonyl (C=O) groups is 2. The third kappa shape index (κ3) is 4.41. The predicted molar refractivity (Wildman–Crippen MR) is 115 cm³/mol. The van der Waals surface area contributed by atoms with Crippen LogP contribution in [0.1, 0.15) is 37.1 Å². The van der Waals surface area contributed by atoms with Crippen molar-refractivity contribution in [1.82, 2.24) is 19.8 Å². The van der Waals surface area contributed by atoms with Crippen molar-refractivity contribution in [2.24, 2.45) is 0 Å². The molecule has 0 bridgehead atoms. The third-order valence-corrected chi connectivity index (χ3v) is 7.08. The quantitative estimate of drug-likeness (QED) is 0.546. The van der Waals surface area contributed by atoms with E-state index in [1.165, 1.54) is 39.9 Å². The van der Waals surface area contributed by atoms with E-state index < -0.39 is 0 Å². The molecule has 2 aromatic heterocycles. The molecule has 0 unspecified atom stereocenters. The van der Waals surface area contributed by atoms with Gasteiger partial charge in [0.1, 0.15) is 10.6 Å². The molecule has 0 saturated heterocycles. The molecule has 0 aliphatic heterocycles. The molecule has 2 aromatic rings. The molecule has 2 heterocycles. The number of hydrogen-bond acceptors (Lipinski definition) is 7. The molecule has 0 spiro atoms. The van der Waals surface area contributed by atoms with Crippen molar-refractivity contribution in [3.8, 4) is 0 Å². The summed E-state index contributed by atoms with van der Waals surface area (Å²) in [6.45, 7) is 5.23. The predicted octanol–water partition coefficient (Wildman–Crippen LogP) is 2.57. The molecule has 28 heavy (non-hydrogen) atoms. The molecule has 2 amide bonds. The van der Waals surface area contributed by atoms with Crippen molar-refractivity contribution in [3.63, 3.8) is 0 Å². The summed E-state index contributed by atoms with van der Waals surface area (Å²) in [5, 5.41) is 1.51. The van der Waals surface area contributed by atoms with Gasteiger partial charge in [0.05, 0.1) is 17.7 Å². The van der Waals surface area contributed by atoms with Gasteiger partial charge in [-0.1, -0.05) is 11.8 Å². The Labute approximate surface area is 173 Å². The summed E-state index contributed by atoms with van der Waals surface area (Å²) in [7, 11) is 1.65. The molecule has 3 rings (SSSR count). The summed E-state index contributed by atoms with van der Waals surface area (Å²) in [4.78, 5) is 39.1. The van der Waals surface area contributed by atoms with Gasteiger partial charge in [-0.2, -0.15) is 0 Å². The van der Waals surface area contributed by atoms with Crippen LogP contribution < -0.4 is 5.73 Å².